The van der Waals surface area contributed by atoms with Crippen molar-refractivity contribution in [2.75, 3.05) is 7.05 Å². The second kappa shape index (κ2) is 3.28. The maximum atomic E-state index is 8.36. The zero-order chi connectivity index (χ0) is 5.70. The van der Waals surface area contributed by atoms with Crippen molar-refractivity contribution in [3.05, 3.63) is 24.6 Å². The zero-order valence-corrected chi connectivity index (χ0v) is 4.31. The standard InChI is InChI=1S/C5H9NO/c1-5(7)3-4-6-2/h3-4,6-7H,1H2,2H3/b4-3+. The van der Waals surface area contributed by atoms with Crippen LogP contribution in [-0.4, -0.2) is 12.2 Å². The molecule has 0 heterocycles. The van der Waals surface area contributed by atoms with Crippen LogP contribution in [0.5, 0.6) is 0 Å². The van der Waals surface area contributed by atoms with Crippen LogP contribution in [0.2, 0.25) is 0 Å². The first kappa shape index (κ1) is 6.08. The molecule has 0 spiro atoms. The average Bonchev–Trinajstić information content (AvgIpc) is 1.61. The lowest BCUT2D eigenvalue weighted by atomic mass is 10.5. The highest BCUT2D eigenvalue weighted by Gasteiger charge is 1.69. The lowest BCUT2D eigenvalue weighted by molar-refractivity contribution is 0.435. The molecule has 0 aromatic carbocycles. The molecule has 0 saturated carbocycles. The number of allylic oxidation sites excluding steroid dienone is 1. The first-order valence-corrected chi connectivity index (χ1v) is 1.99. The summed E-state index contributed by atoms with van der Waals surface area (Å²) in [6.07, 6.45) is 3.07. The number of nitrogens with one attached hydrogen (secondary N) is 1. The lowest BCUT2D eigenvalue weighted by Crippen LogP contribution is -1.90. The molecule has 0 bridgehead atoms. The van der Waals surface area contributed by atoms with Crippen LogP contribution in [-0.2, 0) is 0 Å². The summed E-state index contributed by atoms with van der Waals surface area (Å²) < 4.78 is 0. The van der Waals surface area contributed by atoms with Crippen LogP contribution < -0.4 is 5.32 Å². The molecule has 2 N–H and O–H groups in total. The van der Waals surface area contributed by atoms with E-state index < -0.39 is 0 Å². The SMILES string of the molecule is C=C(O)/C=C/NC. The highest BCUT2D eigenvalue weighted by Crippen LogP contribution is 1.79. The Morgan fingerprint density at radius 1 is 1.86 bits per heavy atom. The molecule has 0 unspecified atom stereocenters. The Bertz CT molecular complexity index is 86.1. The molecule has 0 saturated heterocycles. The van der Waals surface area contributed by atoms with E-state index >= 15 is 0 Å². The van der Waals surface area contributed by atoms with Crippen molar-refractivity contribution < 1.29 is 5.11 Å². The van der Waals surface area contributed by atoms with Crippen molar-refractivity contribution in [1.29, 1.82) is 0 Å². The van der Waals surface area contributed by atoms with Crippen molar-refractivity contribution in [3.8, 4) is 0 Å². The third kappa shape index (κ3) is 5.08. The van der Waals surface area contributed by atoms with Gasteiger partial charge in [-0.25, -0.2) is 0 Å². The van der Waals surface area contributed by atoms with Crippen LogP contribution in [0.1, 0.15) is 0 Å². The molecule has 7 heavy (non-hydrogen) atoms. The van der Waals surface area contributed by atoms with Gasteiger partial charge in [-0.15, -0.1) is 0 Å². The Morgan fingerprint density at radius 2 is 2.43 bits per heavy atom. The van der Waals surface area contributed by atoms with E-state index in [1.54, 1.807) is 13.2 Å². The first-order chi connectivity index (χ1) is 3.27. The van der Waals surface area contributed by atoms with Gasteiger partial charge in [0.15, 0.2) is 0 Å². The maximum Gasteiger partial charge on any atom is 0.109 e. The summed E-state index contributed by atoms with van der Waals surface area (Å²) in [5, 5.41) is 11.1. The Labute approximate surface area is 43.2 Å². The van der Waals surface area contributed by atoms with E-state index in [1.807, 2.05) is 0 Å². The van der Waals surface area contributed by atoms with Crippen molar-refractivity contribution in [2.45, 2.75) is 0 Å². The minimum Gasteiger partial charge on any atom is -0.509 e. The fourth-order valence-electron chi connectivity index (χ4n) is 0.180. The second-order valence-corrected chi connectivity index (χ2v) is 1.11. The van der Waals surface area contributed by atoms with Gasteiger partial charge < -0.3 is 10.4 Å². The average molecular weight is 99.1 g/mol. The fraction of sp³-hybridized carbons (Fsp3) is 0.200. The van der Waals surface area contributed by atoms with Crippen molar-refractivity contribution in [3.63, 3.8) is 0 Å². The summed E-state index contributed by atoms with van der Waals surface area (Å²) in [6.45, 7) is 3.22. The predicted octanol–water partition coefficient (Wildman–Crippen LogP) is 0.791. The van der Waals surface area contributed by atoms with Gasteiger partial charge >= 0.3 is 0 Å². The van der Waals surface area contributed by atoms with E-state index in [2.05, 4.69) is 11.9 Å². The van der Waals surface area contributed by atoms with E-state index in [0.717, 1.165) is 0 Å². The molecule has 0 atom stereocenters. The minimum absolute atomic E-state index is 0.0642. The summed E-state index contributed by atoms with van der Waals surface area (Å²) in [5.74, 6) is 0.0642. The molecule has 2 heteroatoms. The molecule has 2 nitrogen and oxygen atoms in total. The van der Waals surface area contributed by atoms with E-state index in [0.29, 0.717) is 0 Å². The van der Waals surface area contributed by atoms with Gasteiger partial charge in [0.05, 0.1) is 0 Å². The molecular weight excluding hydrogens is 90.1 g/mol. The van der Waals surface area contributed by atoms with E-state index in [4.69, 9.17) is 5.11 Å². The molecule has 0 radical (unpaired) electrons. The summed E-state index contributed by atoms with van der Waals surface area (Å²) >= 11 is 0. The minimum atomic E-state index is 0.0642. The lowest BCUT2D eigenvalue weighted by Gasteiger charge is -1.83. The van der Waals surface area contributed by atoms with Crippen LogP contribution >= 0.6 is 0 Å². The van der Waals surface area contributed by atoms with Crippen molar-refractivity contribution in [2.24, 2.45) is 0 Å². The smallest absolute Gasteiger partial charge is 0.109 e. The van der Waals surface area contributed by atoms with Gasteiger partial charge in [-0.05, 0) is 12.3 Å². The number of rotatable bonds is 2. The van der Waals surface area contributed by atoms with Crippen LogP contribution in [0.3, 0.4) is 0 Å². The van der Waals surface area contributed by atoms with E-state index in [1.165, 1.54) is 6.08 Å². The van der Waals surface area contributed by atoms with E-state index in [9.17, 15) is 0 Å². The topological polar surface area (TPSA) is 32.3 Å². The molecule has 0 aliphatic heterocycles. The summed E-state index contributed by atoms with van der Waals surface area (Å²) in [6, 6.07) is 0. The third-order valence-corrected chi connectivity index (χ3v) is 0.442. The number of hydrogen-bond acceptors (Lipinski definition) is 2. The Hall–Kier alpha value is -0.920. The zero-order valence-electron chi connectivity index (χ0n) is 4.31. The highest BCUT2D eigenvalue weighted by molar-refractivity contribution is 5.03. The Morgan fingerprint density at radius 3 is 2.57 bits per heavy atom. The van der Waals surface area contributed by atoms with Gasteiger partial charge in [0, 0.05) is 7.05 Å². The quantitative estimate of drug-likeness (QED) is 0.396. The fourth-order valence-corrected chi connectivity index (χ4v) is 0.180. The molecule has 0 fully saturated rings. The van der Waals surface area contributed by atoms with Gasteiger partial charge in [-0.2, -0.15) is 0 Å². The molecule has 40 valence electrons. The number of aliphatic hydroxyl groups is 1. The molecule has 0 aromatic heterocycles. The maximum absolute atomic E-state index is 8.36. The summed E-state index contributed by atoms with van der Waals surface area (Å²) in [7, 11) is 1.75. The van der Waals surface area contributed by atoms with E-state index in [-0.39, 0.29) is 5.76 Å². The van der Waals surface area contributed by atoms with Crippen LogP contribution in [0, 0.1) is 0 Å². The monoisotopic (exact) mass is 99.1 g/mol. The number of aliphatic hydroxyl groups excluding tert-OH is 1. The third-order valence-electron chi connectivity index (χ3n) is 0.442. The first-order valence-electron chi connectivity index (χ1n) is 1.99. The largest absolute Gasteiger partial charge is 0.509 e. The molecule has 0 rings (SSSR count). The Kier molecular flexibility index (Phi) is 2.85. The van der Waals surface area contributed by atoms with Gasteiger partial charge in [0.25, 0.3) is 0 Å². The molecule has 0 aliphatic rings. The summed E-state index contributed by atoms with van der Waals surface area (Å²) in [5.41, 5.74) is 0. The highest BCUT2D eigenvalue weighted by atomic mass is 16.3. The molecule has 0 aliphatic carbocycles. The Balaban J connectivity index is 3.26. The normalized spacial score (nSPS) is 9.29. The van der Waals surface area contributed by atoms with Gasteiger partial charge in [0.1, 0.15) is 5.76 Å². The number of hydrogen-bond donors (Lipinski definition) is 2. The predicted molar refractivity (Wildman–Crippen MR) is 30.0 cm³/mol. The van der Waals surface area contributed by atoms with Gasteiger partial charge in [-0.1, -0.05) is 6.58 Å². The van der Waals surface area contributed by atoms with Crippen molar-refractivity contribution in [1.82, 2.24) is 5.32 Å². The van der Waals surface area contributed by atoms with Crippen LogP contribution in [0.4, 0.5) is 0 Å². The van der Waals surface area contributed by atoms with Gasteiger partial charge in [-0.3, -0.25) is 0 Å². The molecule has 0 amide bonds. The second-order valence-electron chi connectivity index (χ2n) is 1.11. The van der Waals surface area contributed by atoms with Crippen LogP contribution in [0.15, 0.2) is 24.6 Å². The molecular formula is C5H9NO. The summed E-state index contributed by atoms with van der Waals surface area (Å²) in [4.78, 5) is 0. The van der Waals surface area contributed by atoms with Crippen molar-refractivity contribution >= 4 is 0 Å². The van der Waals surface area contributed by atoms with Gasteiger partial charge in [0.2, 0.25) is 0 Å². The molecule has 0 aromatic rings. The van der Waals surface area contributed by atoms with Crippen LogP contribution in [0.25, 0.3) is 0 Å².